The molecule has 1 aliphatic carbocycles. The number of allylic oxidation sites excluding steroid dienone is 8. The lowest BCUT2D eigenvalue weighted by atomic mass is 9.13. The van der Waals surface area contributed by atoms with Crippen LogP contribution in [0, 0.1) is 0 Å². The zero-order valence-electron chi connectivity index (χ0n) is 78.8. The Bertz CT molecular complexity index is 5790. The van der Waals surface area contributed by atoms with Crippen LogP contribution in [0.5, 0.6) is 11.5 Å². The van der Waals surface area contributed by atoms with E-state index in [0.29, 0.717) is 88.3 Å². The van der Waals surface area contributed by atoms with Crippen LogP contribution >= 0.6 is 0 Å². The van der Waals surface area contributed by atoms with Crippen molar-refractivity contribution in [1.29, 1.82) is 0 Å². The lowest BCUT2D eigenvalue weighted by molar-refractivity contribution is -0.437. The SMILES string of the molecule is C=C(C)C(=C)OCCNC(=O)NCCC[N+]1=C(/C=C/C2=C(Oc3ccc(C4OC(CC(O)CC(CC)OC(C)=O)CC(CC5CC(C)OC(c6ccc(O)cc6)O5)O4)cc3)C(=C/C=C3/N(CCCNC(=O)NCCOC(=O)C(=C)C)c4ccc5ccccc5c4C3(C)C)/CCC2)C(C)(C)c2c1ccc1ccccc21.c1ccc([B-](c2ccccc2)(c2ccccc2)c2ccccc2)cc1. The third-order valence-corrected chi connectivity index (χ3v) is 26.2. The third kappa shape index (κ3) is 23.6. The monoisotopic (exact) mass is 1800 g/mol. The molecular formula is C113H129BN6O14. The minimum Gasteiger partial charge on any atom is -0.508 e. The molecule has 698 valence electrons. The summed E-state index contributed by atoms with van der Waals surface area (Å²) in [6.07, 6.45) is 10.3. The molecule has 134 heavy (non-hydrogen) atoms. The lowest BCUT2D eigenvalue weighted by Gasteiger charge is -2.44. The maximum Gasteiger partial charge on any atom is 0.333 e. The molecule has 0 saturated carbocycles. The van der Waals surface area contributed by atoms with E-state index in [-0.39, 0.29) is 68.7 Å². The second-order valence-corrected chi connectivity index (χ2v) is 36.8. The van der Waals surface area contributed by atoms with Gasteiger partial charge in [-0.15, -0.1) is 0 Å². The van der Waals surface area contributed by atoms with Crippen LogP contribution in [-0.2, 0) is 53.6 Å². The van der Waals surface area contributed by atoms with E-state index in [2.05, 4.69) is 297 Å². The summed E-state index contributed by atoms with van der Waals surface area (Å²) < 4.78 is 52.8. The van der Waals surface area contributed by atoms with Crippen LogP contribution in [0.3, 0.4) is 0 Å². The Morgan fingerprint density at radius 2 is 1.09 bits per heavy atom. The Kier molecular flexibility index (Phi) is 32.8. The number of esters is 2. The highest BCUT2D eigenvalue weighted by Crippen LogP contribution is 2.52. The number of fused-ring (bicyclic) bond motifs is 6. The van der Waals surface area contributed by atoms with E-state index in [4.69, 9.17) is 37.9 Å². The topological polar surface area (TPSA) is 237 Å². The van der Waals surface area contributed by atoms with E-state index >= 15 is 0 Å². The number of aromatic hydroxyl groups is 1. The lowest BCUT2D eigenvalue weighted by Crippen LogP contribution is -2.74. The zero-order valence-corrected chi connectivity index (χ0v) is 78.8. The van der Waals surface area contributed by atoms with Crippen molar-refractivity contribution in [1.82, 2.24) is 21.3 Å². The van der Waals surface area contributed by atoms with Crippen molar-refractivity contribution in [2.45, 2.75) is 193 Å². The number of ether oxygens (including phenoxy) is 8. The normalized spacial score (nSPS) is 19.5. The fourth-order valence-corrected chi connectivity index (χ4v) is 19.7. The number of rotatable bonds is 36. The van der Waals surface area contributed by atoms with E-state index in [1.165, 1.54) is 50.7 Å². The first-order valence-corrected chi connectivity index (χ1v) is 47.3. The minimum absolute atomic E-state index is 0.0303. The average molecular weight is 1810 g/mol. The summed E-state index contributed by atoms with van der Waals surface area (Å²) in [6, 6.07) is 83.5. The van der Waals surface area contributed by atoms with Gasteiger partial charge in [0.2, 0.25) is 5.69 Å². The molecule has 2 fully saturated rings. The number of hydrogen-bond acceptors (Lipinski definition) is 15. The van der Waals surface area contributed by atoms with Gasteiger partial charge in [-0.3, -0.25) is 4.79 Å². The number of aliphatic hydroxyl groups is 1. The Balaban J connectivity index is 0.000000492. The number of urea groups is 2. The van der Waals surface area contributed by atoms with Gasteiger partial charge in [-0.05, 0) is 172 Å². The fourth-order valence-electron chi connectivity index (χ4n) is 19.7. The molecule has 8 unspecified atom stereocenters. The number of phenols is 1. The Hall–Kier alpha value is -12.9. The highest BCUT2D eigenvalue weighted by atomic mass is 16.7. The summed E-state index contributed by atoms with van der Waals surface area (Å²) in [5.74, 6) is 1.09. The molecule has 10 aromatic carbocycles. The van der Waals surface area contributed by atoms with Gasteiger partial charge in [0.1, 0.15) is 48.5 Å². The van der Waals surface area contributed by atoms with Crippen molar-refractivity contribution >= 4 is 90.6 Å². The number of carbonyl (C=O) groups is 4. The summed E-state index contributed by atoms with van der Waals surface area (Å²) in [5.41, 5.74) is 15.9. The molecule has 0 spiro atoms. The molecule has 8 atom stereocenters. The van der Waals surface area contributed by atoms with Gasteiger partial charge >= 0.3 is 24.0 Å². The molecule has 0 bridgehead atoms. The highest BCUT2D eigenvalue weighted by Gasteiger charge is 2.47. The molecule has 4 heterocycles. The van der Waals surface area contributed by atoms with Crippen molar-refractivity contribution in [2.75, 3.05) is 57.4 Å². The second-order valence-electron chi connectivity index (χ2n) is 36.8. The molecular weight excluding hydrogens is 1680 g/mol. The van der Waals surface area contributed by atoms with Crippen LogP contribution in [0.2, 0.25) is 0 Å². The van der Waals surface area contributed by atoms with E-state index in [9.17, 15) is 29.4 Å². The first-order valence-electron chi connectivity index (χ1n) is 47.3. The number of carbonyl (C=O) groups excluding carboxylic acids is 4. The second kappa shape index (κ2) is 45.2. The summed E-state index contributed by atoms with van der Waals surface area (Å²) in [4.78, 5) is 52.5. The molecule has 10 aromatic rings. The Labute approximate surface area is 789 Å². The van der Waals surface area contributed by atoms with Gasteiger partial charge in [-0.25, -0.2) is 14.4 Å². The number of anilines is 1. The number of amides is 4. The molecule has 4 amide bonds. The number of nitrogens with zero attached hydrogens (tertiary/aromatic N) is 2. The van der Waals surface area contributed by atoms with Crippen molar-refractivity contribution in [3.05, 3.63) is 348 Å². The number of hydrogen-bond donors (Lipinski definition) is 6. The molecule has 2 saturated heterocycles. The van der Waals surface area contributed by atoms with Crippen molar-refractivity contribution in [3.8, 4) is 11.5 Å². The predicted molar refractivity (Wildman–Crippen MR) is 536 cm³/mol. The smallest absolute Gasteiger partial charge is 0.333 e. The van der Waals surface area contributed by atoms with Gasteiger partial charge in [-0.1, -0.05) is 247 Å². The fraction of sp³-hybridized carbons (Fsp3) is 0.336. The summed E-state index contributed by atoms with van der Waals surface area (Å²) >= 11 is 0. The molecule has 21 heteroatoms. The van der Waals surface area contributed by atoms with E-state index in [0.717, 1.165) is 86.4 Å². The van der Waals surface area contributed by atoms with Crippen molar-refractivity contribution < 1.29 is 71.9 Å². The van der Waals surface area contributed by atoms with Gasteiger partial charge in [0, 0.05) is 103 Å². The van der Waals surface area contributed by atoms with Gasteiger partial charge < -0.3 is 74.3 Å². The van der Waals surface area contributed by atoms with Crippen molar-refractivity contribution in [3.63, 3.8) is 0 Å². The van der Waals surface area contributed by atoms with Gasteiger partial charge in [0.05, 0.1) is 49.0 Å². The maximum atomic E-state index is 13.1. The first-order chi connectivity index (χ1) is 64.8. The number of benzene rings is 10. The van der Waals surface area contributed by atoms with E-state index < -0.39 is 59.8 Å². The summed E-state index contributed by atoms with van der Waals surface area (Å²) in [5, 5.41) is 38.1. The Morgan fingerprint density at radius 3 is 1.66 bits per heavy atom. The first kappa shape index (κ1) is 97.1. The quantitative estimate of drug-likeness (QED) is 0.00407. The van der Waals surface area contributed by atoms with Crippen LogP contribution in [0.4, 0.5) is 21.0 Å². The number of phenolic OH excluding ortho intramolecular Hbond substituents is 1. The van der Waals surface area contributed by atoms with Crippen LogP contribution < -0.4 is 52.8 Å². The van der Waals surface area contributed by atoms with Crippen LogP contribution in [0.25, 0.3) is 21.5 Å². The zero-order chi connectivity index (χ0) is 94.5. The van der Waals surface area contributed by atoms with E-state index in [1.807, 2.05) is 45.0 Å². The molecule has 0 radical (unpaired) electrons. The maximum absolute atomic E-state index is 13.1. The Morgan fingerprint density at radius 1 is 0.567 bits per heavy atom. The number of nitrogens with one attached hydrogen (secondary N) is 4. The van der Waals surface area contributed by atoms with Gasteiger partial charge in [0.15, 0.2) is 24.8 Å². The summed E-state index contributed by atoms with van der Waals surface area (Å²) in [7, 11) is 0. The van der Waals surface area contributed by atoms with E-state index in [1.54, 1.807) is 31.2 Å². The van der Waals surface area contributed by atoms with Gasteiger partial charge in [-0.2, -0.15) is 26.4 Å². The highest BCUT2D eigenvalue weighted by molar-refractivity contribution is 7.19. The summed E-state index contributed by atoms with van der Waals surface area (Å²) in [6.45, 7) is 32.1. The molecule has 4 aliphatic heterocycles. The standard InChI is InChI=1S/C89H108N6O14.C24H20B/c1-13-69(105-60(8)96)52-68(98)53-72-55-73(54-71-51-58(6)104-84(107-71)65-27-35-67(97)36-28-65)109-85(108-72)66-29-37-70(38-30-66)106-82-63(33-41-78-88(9,10)80-74-25-16-14-21-61(74)31-39-76(80)94(78)47-19-43-90-86(100)92-45-49-102-59(7)56(2)3)23-18-24-64(82)34-42-79-89(11,12)81-75-26-17-15-22-62(75)32-40-77(81)95(79)48-20-44-91-87(101)93-46-50-103-83(99)57(4)5;1-5-13-21(14-6-1)25(22-15-7-2-8-16-22,23-17-9-3-10-18-23)24-19-11-4-12-20-24/h14-17,21-22,25-42,58,68-69,71-73,84-85,98H,2,4,7,13,18-20,23-24,43-55H2,1,3,5-6,8-12H3,(H4-,90,91,92,93,97,100,101);1-20H/q;-1/p+1. The molecule has 15 rings (SSSR count). The third-order valence-electron chi connectivity index (χ3n) is 26.2. The van der Waals surface area contributed by atoms with Crippen molar-refractivity contribution in [2.24, 2.45) is 0 Å². The molecule has 20 nitrogen and oxygen atoms in total. The average Bonchev–Trinajstić information content (AvgIpc) is 0.931. The minimum atomic E-state index is -1.22. The molecule has 6 N–H and O–H groups in total. The molecule has 5 aliphatic rings. The van der Waals surface area contributed by atoms with Gasteiger partial charge in [0.25, 0.3) is 0 Å². The largest absolute Gasteiger partial charge is 0.508 e. The molecule has 0 aromatic heterocycles. The van der Waals surface area contributed by atoms with Crippen LogP contribution in [0.1, 0.15) is 168 Å². The predicted octanol–water partition coefficient (Wildman–Crippen LogP) is 19.4. The van der Waals surface area contributed by atoms with Crippen LogP contribution in [0.15, 0.2) is 326 Å². The van der Waals surface area contributed by atoms with Crippen LogP contribution in [-0.4, -0.2) is 140 Å². The number of aliphatic hydroxyl groups excluding tert-OH is 1.